The average molecular weight is 248 g/mol. The molecule has 0 fully saturated rings. The van der Waals surface area contributed by atoms with Crippen molar-refractivity contribution in [2.24, 2.45) is 11.0 Å². The smallest absolute Gasteiger partial charge is 0.277 e. The molecule has 1 aromatic rings. The zero-order valence-corrected chi connectivity index (χ0v) is 11.4. The minimum atomic E-state index is -0.258. The third-order valence-corrected chi connectivity index (χ3v) is 2.25. The highest BCUT2D eigenvalue weighted by atomic mass is 16.5. The van der Waals surface area contributed by atoms with Crippen LogP contribution in [0, 0.1) is 19.8 Å². The Labute approximate surface area is 108 Å². The molecule has 0 heterocycles. The van der Waals surface area contributed by atoms with Gasteiger partial charge in [-0.2, -0.15) is 5.10 Å². The van der Waals surface area contributed by atoms with Crippen molar-refractivity contribution in [2.45, 2.75) is 27.7 Å². The van der Waals surface area contributed by atoms with E-state index < -0.39 is 0 Å². The van der Waals surface area contributed by atoms with Gasteiger partial charge in [0.15, 0.2) is 6.61 Å². The fourth-order valence-corrected chi connectivity index (χ4v) is 1.40. The summed E-state index contributed by atoms with van der Waals surface area (Å²) in [6, 6.07) is 5.84. The Morgan fingerprint density at radius 1 is 1.44 bits per heavy atom. The Bertz CT molecular complexity index is 439. The monoisotopic (exact) mass is 248 g/mol. The van der Waals surface area contributed by atoms with Crippen LogP contribution in [0.2, 0.25) is 0 Å². The first-order valence-electron chi connectivity index (χ1n) is 6.01. The van der Waals surface area contributed by atoms with Crippen molar-refractivity contribution < 1.29 is 9.53 Å². The van der Waals surface area contributed by atoms with Gasteiger partial charge < -0.3 is 4.74 Å². The number of nitrogens with zero attached hydrogens (tertiary/aromatic N) is 1. The maximum absolute atomic E-state index is 11.4. The number of aryl methyl sites for hydroxylation is 2. The molecule has 0 aromatic heterocycles. The van der Waals surface area contributed by atoms with Gasteiger partial charge in [-0.1, -0.05) is 31.5 Å². The van der Waals surface area contributed by atoms with E-state index in [1.807, 2.05) is 45.9 Å². The Morgan fingerprint density at radius 3 is 2.78 bits per heavy atom. The minimum absolute atomic E-state index is 0.0284. The lowest BCUT2D eigenvalue weighted by atomic mass is 10.1. The number of hydrazone groups is 1. The van der Waals surface area contributed by atoms with Gasteiger partial charge in [0, 0.05) is 6.21 Å². The summed E-state index contributed by atoms with van der Waals surface area (Å²) in [5, 5.41) is 3.82. The summed E-state index contributed by atoms with van der Waals surface area (Å²) in [5.41, 5.74) is 4.61. The third-order valence-electron chi connectivity index (χ3n) is 2.25. The van der Waals surface area contributed by atoms with Crippen LogP contribution in [0.1, 0.15) is 25.0 Å². The van der Waals surface area contributed by atoms with Gasteiger partial charge >= 0.3 is 0 Å². The molecule has 0 unspecified atom stereocenters. The maximum Gasteiger partial charge on any atom is 0.277 e. The molecule has 1 aromatic carbocycles. The van der Waals surface area contributed by atoms with Gasteiger partial charge in [-0.05, 0) is 31.4 Å². The SMILES string of the molecule is Cc1ccc(OCC(=O)NN=CC(C)C)c(C)c1. The highest BCUT2D eigenvalue weighted by Crippen LogP contribution is 2.18. The molecule has 98 valence electrons. The molecule has 1 rings (SSSR count). The molecule has 0 aliphatic rings. The van der Waals surface area contributed by atoms with E-state index in [0.29, 0.717) is 5.92 Å². The number of hydrogen-bond acceptors (Lipinski definition) is 3. The van der Waals surface area contributed by atoms with E-state index in [4.69, 9.17) is 4.74 Å². The Morgan fingerprint density at radius 2 is 2.17 bits per heavy atom. The van der Waals surface area contributed by atoms with Crippen LogP contribution in [0.25, 0.3) is 0 Å². The van der Waals surface area contributed by atoms with Gasteiger partial charge in [-0.25, -0.2) is 5.43 Å². The average Bonchev–Trinajstić information content (AvgIpc) is 2.27. The van der Waals surface area contributed by atoms with Crippen molar-refractivity contribution in [1.29, 1.82) is 0 Å². The molecule has 0 spiro atoms. The third kappa shape index (κ3) is 4.99. The molecule has 0 radical (unpaired) electrons. The topological polar surface area (TPSA) is 50.7 Å². The molecule has 1 N–H and O–H groups in total. The number of carbonyl (C=O) groups excluding carboxylic acids is 1. The van der Waals surface area contributed by atoms with E-state index in [2.05, 4.69) is 10.5 Å². The Kier molecular flexibility index (Phi) is 5.36. The predicted molar refractivity (Wildman–Crippen MR) is 72.9 cm³/mol. The van der Waals surface area contributed by atoms with Crippen LogP contribution >= 0.6 is 0 Å². The molecule has 0 saturated carbocycles. The summed E-state index contributed by atoms with van der Waals surface area (Å²) in [6.07, 6.45) is 1.68. The molecule has 0 aliphatic heterocycles. The number of amides is 1. The van der Waals surface area contributed by atoms with E-state index in [9.17, 15) is 4.79 Å². The number of nitrogens with one attached hydrogen (secondary N) is 1. The summed E-state index contributed by atoms with van der Waals surface area (Å²) in [4.78, 5) is 11.4. The number of ether oxygens (including phenoxy) is 1. The van der Waals surface area contributed by atoms with E-state index in [1.54, 1.807) is 6.21 Å². The van der Waals surface area contributed by atoms with Crippen LogP contribution in [0.15, 0.2) is 23.3 Å². The summed E-state index contributed by atoms with van der Waals surface area (Å²) in [6.45, 7) is 7.92. The highest BCUT2D eigenvalue weighted by Gasteiger charge is 2.03. The van der Waals surface area contributed by atoms with E-state index in [-0.39, 0.29) is 12.5 Å². The van der Waals surface area contributed by atoms with Crippen molar-refractivity contribution >= 4 is 12.1 Å². The van der Waals surface area contributed by atoms with E-state index in [1.165, 1.54) is 5.56 Å². The number of hydrogen-bond donors (Lipinski definition) is 1. The maximum atomic E-state index is 11.4. The minimum Gasteiger partial charge on any atom is -0.483 e. The first-order valence-corrected chi connectivity index (χ1v) is 6.01. The summed E-state index contributed by atoms with van der Waals surface area (Å²) in [7, 11) is 0. The van der Waals surface area contributed by atoms with Crippen LogP contribution in [0.5, 0.6) is 5.75 Å². The van der Waals surface area contributed by atoms with Crippen LogP contribution in [-0.4, -0.2) is 18.7 Å². The molecule has 1 amide bonds. The first-order chi connectivity index (χ1) is 8.49. The number of benzene rings is 1. The molecule has 4 heteroatoms. The lowest BCUT2D eigenvalue weighted by Gasteiger charge is -2.08. The number of carbonyl (C=O) groups is 1. The quantitative estimate of drug-likeness (QED) is 0.642. The van der Waals surface area contributed by atoms with Crippen molar-refractivity contribution in [3.05, 3.63) is 29.3 Å². The highest BCUT2D eigenvalue weighted by molar-refractivity contribution is 5.78. The van der Waals surface area contributed by atoms with E-state index in [0.717, 1.165) is 11.3 Å². The van der Waals surface area contributed by atoms with Crippen molar-refractivity contribution in [3.8, 4) is 5.75 Å². The van der Waals surface area contributed by atoms with Gasteiger partial charge in [0.05, 0.1) is 0 Å². The molecular weight excluding hydrogens is 228 g/mol. The second-order valence-electron chi connectivity index (χ2n) is 4.61. The fourth-order valence-electron chi connectivity index (χ4n) is 1.40. The van der Waals surface area contributed by atoms with Gasteiger partial charge in [-0.15, -0.1) is 0 Å². The molecule has 0 aliphatic carbocycles. The first kappa shape index (κ1) is 14.2. The van der Waals surface area contributed by atoms with Crippen molar-refractivity contribution in [2.75, 3.05) is 6.61 Å². The largest absolute Gasteiger partial charge is 0.483 e. The molecular formula is C14H20N2O2. The molecule has 0 saturated heterocycles. The van der Waals surface area contributed by atoms with Gasteiger partial charge in [0.1, 0.15) is 5.75 Å². The van der Waals surface area contributed by atoms with E-state index >= 15 is 0 Å². The normalized spacial score (nSPS) is 10.9. The van der Waals surface area contributed by atoms with Gasteiger partial charge in [-0.3, -0.25) is 4.79 Å². The lowest BCUT2D eigenvalue weighted by molar-refractivity contribution is -0.123. The van der Waals surface area contributed by atoms with Gasteiger partial charge in [0.25, 0.3) is 5.91 Å². The fraction of sp³-hybridized carbons (Fsp3) is 0.429. The predicted octanol–water partition coefficient (Wildman–Crippen LogP) is 2.44. The lowest BCUT2D eigenvalue weighted by Crippen LogP contribution is -2.25. The standard InChI is InChI=1S/C14H20N2O2/c1-10(2)8-15-16-14(17)9-18-13-6-5-11(3)7-12(13)4/h5-8,10H,9H2,1-4H3,(H,16,17). The summed E-state index contributed by atoms with van der Waals surface area (Å²) >= 11 is 0. The van der Waals surface area contributed by atoms with Crippen LogP contribution in [0.4, 0.5) is 0 Å². The van der Waals surface area contributed by atoms with Crippen LogP contribution < -0.4 is 10.2 Å². The number of rotatable bonds is 5. The molecule has 0 bridgehead atoms. The Hall–Kier alpha value is -1.84. The molecule has 4 nitrogen and oxygen atoms in total. The van der Waals surface area contributed by atoms with Crippen molar-refractivity contribution in [1.82, 2.24) is 5.43 Å². The summed E-state index contributed by atoms with van der Waals surface area (Å²) < 4.78 is 5.43. The Balaban J connectivity index is 2.43. The van der Waals surface area contributed by atoms with Crippen LogP contribution in [0.3, 0.4) is 0 Å². The molecule has 0 atom stereocenters. The second-order valence-corrected chi connectivity index (χ2v) is 4.61. The second kappa shape index (κ2) is 6.79. The molecule has 18 heavy (non-hydrogen) atoms. The van der Waals surface area contributed by atoms with Crippen LogP contribution in [-0.2, 0) is 4.79 Å². The summed E-state index contributed by atoms with van der Waals surface area (Å²) in [5.74, 6) is 0.779. The zero-order chi connectivity index (χ0) is 13.5. The van der Waals surface area contributed by atoms with Crippen molar-refractivity contribution in [3.63, 3.8) is 0 Å². The van der Waals surface area contributed by atoms with Gasteiger partial charge in [0.2, 0.25) is 0 Å². The zero-order valence-electron chi connectivity index (χ0n) is 11.4.